The summed E-state index contributed by atoms with van der Waals surface area (Å²) in [7, 11) is 3.82. The van der Waals surface area contributed by atoms with Gasteiger partial charge in [-0.05, 0) is 14.1 Å². The lowest BCUT2D eigenvalue weighted by Crippen LogP contribution is -2.55. The lowest BCUT2D eigenvalue weighted by atomic mass is 9.91. The van der Waals surface area contributed by atoms with Gasteiger partial charge in [-0.15, -0.1) is 0 Å². The molecule has 6 nitrogen and oxygen atoms in total. The summed E-state index contributed by atoms with van der Waals surface area (Å²) < 4.78 is 10.8. The fourth-order valence-corrected chi connectivity index (χ4v) is 1.77. The first kappa shape index (κ1) is 14.8. The maximum atomic E-state index is 9.80. The summed E-state index contributed by atoms with van der Waals surface area (Å²) in [6.07, 6.45) is -3.39. The van der Waals surface area contributed by atoms with Crippen molar-refractivity contribution in [2.45, 2.75) is 31.5 Å². The van der Waals surface area contributed by atoms with E-state index in [-0.39, 0.29) is 12.5 Å². The number of nitrogens with zero attached hydrogens (tertiary/aromatic N) is 1. The van der Waals surface area contributed by atoms with E-state index in [1.807, 2.05) is 19.0 Å². The first-order valence-electron chi connectivity index (χ1n) is 5.86. The quantitative estimate of drug-likeness (QED) is 0.558. The lowest BCUT2D eigenvalue weighted by Gasteiger charge is -2.40. The average molecular weight is 249 g/mol. The van der Waals surface area contributed by atoms with E-state index in [4.69, 9.17) is 14.6 Å². The highest BCUT2D eigenvalue weighted by atomic mass is 16.7. The SMILES string of the molecule is CC1C(CO)OC(OCCN(C)C)C(O)C1O. The molecule has 3 N–H and O–H groups in total. The molecule has 102 valence electrons. The molecule has 5 unspecified atom stereocenters. The molecule has 1 aliphatic rings. The monoisotopic (exact) mass is 249 g/mol. The first-order valence-corrected chi connectivity index (χ1v) is 5.86. The minimum absolute atomic E-state index is 0.196. The average Bonchev–Trinajstić information content (AvgIpc) is 2.29. The summed E-state index contributed by atoms with van der Waals surface area (Å²) in [6.45, 7) is 2.62. The van der Waals surface area contributed by atoms with Crippen LogP contribution in [0.3, 0.4) is 0 Å². The van der Waals surface area contributed by atoms with E-state index in [9.17, 15) is 10.2 Å². The van der Waals surface area contributed by atoms with Crippen molar-refractivity contribution in [1.29, 1.82) is 0 Å². The maximum Gasteiger partial charge on any atom is 0.186 e. The molecule has 0 bridgehead atoms. The molecule has 5 atom stereocenters. The van der Waals surface area contributed by atoms with E-state index in [0.29, 0.717) is 13.2 Å². The fraction of sp³-hybridized carbons (Fsp3) is 1.00. The molecular weight excluding hydrogens is 226 g/mol. The molecule has 0 amide bonds. The number of likely N-dealkylation sites (N-methyl/N-ethyl adjacent to an activating group) is 1. The third-order valence-electron chi connectivity index (χ3n) is 3.06. The van der Waals surface area contributed by atoms with Crippen LogP contribution in [0.4, 0.5) is 0 Å². The third-order valence-corrected chi connectivity index (χ3v) is 3.06. The van der Waals surface area contributed by atoms with Gasteiger partial charge in [0, 0.05) is 12.5 Å². The maximum absolute atomic E-state index is 9.80. The summed E-state index contributed by atoms with van der Waals surface area (Å²) in [4.78, 5) is 1.94. The van der Waals surface area contributed by atoms with Gasteiger partial charge < -0.3 is 29.7 Å². The van der Waals surface area contributed by atoms with E-state index in [2.05, 4.69) is 0 Å². The Hall–Kier alpha value is -0.240. The topological polar surface area (TPSA) is 82.4 Å². The van der Waals surface area contributed by atoms with Gasteiger partial charge in [0.25, 0.3) is 0 Å². The van der Waals surface area contributed by atoms with Crippen molar-refractivity contribution >= 4 is 0 Å². The van der Waals surface area contributed by atoms with Crippen LogP contribution < -0.4 is 0 Å². The van der Waals surface area contributed by atoms with Crippen LogP contribution in [0.15, 0.2) is 0 Å². The van der Waals surface area contributed by atoms with Gasteiger partial charge >= 0.3 is 0 Å². The van der Waals surface area contributed by atoms with Crippen molar-refractivity contribution in [3.8, 4) is 0 Å². The summed E-state index contributed by atoms with van der Waals surface area (Å²) >= 11 is 0. The van der Waals surface area contributed by atoms with E-state index in [1.165, 1.54) is 0 Å². The summed E-state index contributed by atoms with van der Waals surface area (Å²) in [6, 6.07) is 0. The van der Waals surface area contributed by atoms with E-state index in [0.717, 1.165) is 0 Å². The molecule has 0 aromatic rings. The Kier molecular flexibility index (Phi) is 5.78. The molecular formula is C11H23NO5. The Morgan fingerprint density at radius 2 is 1.88 bits per heavy atom. The fourth-order valence-electron chi connectivity index (χ4n) is 1.77. The van der Waals surface area contributed by atoms with Crippen molar-refractivity contribution in [1.82, 2.24) is 4.90 Å². The van der Waals surface area contributed by atoms with Gasteiger partial charge in [-0.25, -0.2) is 0 Å². The molecule has 1 aliphatic heterocycles. The van der Waals surface area contributed by atoms with Gasteiger partial charge in [0.15, 0.2) is 6.29 Å². The Labute approximate surface area is 102 Å². The molecule has 0 aliphatic carbocycles. The highest BCUT2D eigenvalue weighted by molar-refractivity contribution is 4.86. The van der Waals surface area contributed by atoms with Crippen molar-refractivity contribution in [3.05, 3.63) is 0 Å². The van der Waals surface area contributed by atoms with E-state index >= 15 is 0 Å². The molecule has 1 fully saturated rings. The van der Waals surface area contributed by atoms with Gasteiger partial charge in [0.2, 0.25) is 0 Å². The van der Waals surface area contributed by atoms with Crippen LogP contribution in [-0.2, 0) is 9.47 Å². The molecule has 1 saturated heterocycles. The van der Waals surface area contributed by atoms with Gasteiger partial charge in [0.1, 0.15) is 6.10 Å². The highest BCUT2D eigenvalue weighted by Gasteiger charge is 2.42. The second kappa shape index (κ2) is 6.63. The van der Waals surface area contributed by atoms with Crippen LogP contribution in [0.5, 0.6) is 0 Å². The van der Waals surface area contributed by atoms with Crippen LogP contribution in [-0.4, -0.2) is 78.7 Å². The number of rotatable bonds is 5. The lowest BCUT2D eigenvalue weighted by molar-refractivity contribution is -0.288. The zero-order chi connectivity index (χ0) is 13.0. The number of ether oxygens (including phenoxy) is 2. The second-order valence-corrected chi connectivity index (χ2v) is 4.74. The van der Waals surface area contributed by atoms with E-state index < -0.39 is 24.6 Å². The standard InChI is InChI=1S/C11H23NO5/c1-7-8(6-13)17-11(10(15)9(7)14)16-5-4-12(2)3/h7-11,13-15H,4-6H2,1-3H3. The van der Waals surface area contributed by atoms with Gasteiger partial charge in [-0.2, -0.15) is 0 Å². The number of hydrogen-bond donors (Lipinski definition) is 3. The zero-order valence-electron chi connectivity index (χ0n) is 10.6. The number of hydrogen-bond acceptors (Lipinski definition) is 6. The normalized spacial score (nSPS) is 38.6. The Bertz CT molecular complexity index is 224. The molecule has 1 heterocycles. The molecule has 0 saturated carbocycles. The van der Waals surface area contributed by atoms with Crippen molar-refractivity contribution in [2.24, 2.45) is 5.92 Å². The summed E-state index contributed by atoms with van der Waals surface area (Å²) in [5.74, 6) is -0.316. The van der Waals surface area contributed by atoms with E-state index in [1.54, 1.807) is 6.92 Å². The van der Waals surface area contributed by atoms with Gasteiger partial charge in [0.05, 0.1) is 25.4 Å². The highest BCUT2D eigenvalue weighted by Crippen LogP contribution is 2.26. The largest absolute Gasteiger partial charge is 0.394 e. The third kappa shape index (κ3) is 3.87. The molecule has 0 aromatic carbocycles. The summed E-state index contributed by atoms with van der Waals surface area (Å²) in [5, 5.41) is 28.7. The number of aliphatic hydroxyl groups is 3. The first-order chi connectivity index (χ1) is 7.97. The predicted octanol–water partition coefficient (Wildman–Crippen LogP) is -1.36. The second-order valence-electron chi connectivity index (χ2n) is 4.74. The Morgan fingerprint density at radius 1 is 1.24 bits per heavy atom. The molecule has 0 spiro atoms. The molecule has 17 heavy (non-hydrogen) atoms. The van der Waals surface area contributed by atoms with Crippen molar-refractivity contribution in [2.75, 3.05) is 33.9 Å². The van der Waals surface area contributed by atoms with Crippen LogP contribution in [0.2, 0.25) is 0 Å². The molecule has 6 heteroatoms. The van der Waals surface area contributed by atoms with Crippen LogP contribution in [0.25, 0.3) is 0 Å². The van der Waals surface area contributed by atoms with Crippen LogP contribution in [0, 0.1) is 5.92 Å². The van der Waals surface area contributed by atoms with Crippen molar-refractivity contribution in [3.63, 3.8) is 0 Å². The predicted molar refractivity (Wildman–Crippen MR) is 61.4 cm³/mol. The Morgan fingerprint density at radius 3 is 2.41 bits per heavy atom. The minimum Gasteiger partial charge on any atom is -0.394 e. The van der Waals surface area contributed by atoms with Crippen LogP contribution >= 0.6 is 0 Å². The summed E-state index contributed by atoms with van der Waals surface area (Å²) in [5.41, 5.74) is 0. The van der Waals surface area contributed by atoms with Crippen LogP contribution in [0.1, 0.15) is 6.92 Å². The molecule has 1 rings (SSSR count). The van der Waals surface area contributed by atoms with Gasteiger partial charge in [-0.1, -0.05) is 6.92 Å². The number of aliphatic hydroxyl groups excluding tert-OH is 3. The smallest absolute Gasteiger partial charge is 0.186 e. The molecule has 0 aromatic heterocycles. The molecule has 0 radical (unpaired) electrons. The Balaban J connectivity index is 2.47. The van der Waals surface area contributed by atoms with Gasteiger partial charge in [-0.3, -0.25) is 0 Å². The zero-order valence-corrected chi connectivity index (χ0v) is 10.6. The van der Waals surface area contributed by atoms with Crippen molar-refractivity contribution < 1.29 is 24.8 Å². The minimum atomic E-state index is -1.07.